The minimum Gasteiger partial charge on any atom is -0.498 e. The summed E-state index contributed by atoms with van der Waals surface area (Å²) in [7, 11) is -5.02. The molecule has 1 aliphatic rings. The molecule has 0 amide bonds. The molecule has 1 rings (SSSR count). The standard InChI is InChI=1S/C42H81O12P/c1-3-5-7-9-11-13-15-16-17-18-19-20-21-22-24-26-28-30-32-51-33-35(53-36(43)31-29-27-25-23-14-12-10-8-6-4-2)34-52-55(49,50)54-42-40(47)38(45)37(44)39(46)41(42)48/h30,32,35,37-42,44-48H,3-29,31,33-34H2,1-2H3,(H,49,50)/b32-30-/t35-,37?,38-,39?,40?,41?,42?/m1/s1. The van der Waals surface area contributed by atoms with Crippen LogP contribution in [0.1, 0.15) is 194 Å². The smallest absolute Gasteiger partial charge is 0.472 e. The molecule has 1 aliphatic carbocycles. The van der Waals surface area contributed by atoms with Crippen LogP contribution < -0.4 is 0 Å². The van der Waals surface area contributed by atoms with Crippen LogP contribution in [0.3, 0.4) is 0 Å². The lowest BCUT2D eigenvalue weighted by molar-refractivity contribution is -0.220. The molecule has 55 heavy (non-hydrogen) atoms. The quantitative estimate of drug-likeness (QED) is 0.0152. The third kappa shape index (κ3) is 26.5. The summed E-state index contributed by atoms with van der Waals surface area (Å²) < 4.78 is 33.8. The summed E-state index contributed by atoms with van der Waals surface area (Å²) in [6, 6.07) is 0. The van der Waals surface area contributed by atoms with Gasteiger partial charge in [-0.1, -0.05) is 168 Å². The molecular formula is C42H81O12P. The van der Waals surface area contributed by atoms with E-state index in [-0.39, 0.29) is 13.0 Å². The summed E-state index contributed by atoms with van der Waals surface area (Å²) in [5.41, 5.74) is 0. The average molecular weight is 809 g/mol. The number of unbranched alkanes of at least 4 members (excludes halogenated alkanes) is 25. The SMILES string of the molecule is CCCCCCCCCCCCCCCCCC/C=C\OC[C@H](COP(=O)(O)OC1C(O)C(O)C(O)[C@@H](O)C1O)OC(=O)CCCCCCCCCCCC. The predicted molar refractivity (Wildman–Crippen MR) is 216 cm³/mol. The van der Waals surface area contributed by atoms with E-state index in [2.05, 4.69) is 13.8 Å². The second kappa shape index (κ2) is 33.8. The van der Waals surface area contributed by atoms with Crippen LogP contribution in [0.4, 0.5) is 0 Å². The number of hydrogen-bond acceptors (Lipinski definition) is 11. The highest BCUT2D eigenvalue weighted by Gasteiger charge is 2.51. The second-order valence-electron chi connectivity index (χ2n) is 15.6. The molecule has 0 aromatic rings. The van der Waals surface area contributed by atoms with Crippen LogP contribution in [-0.2, 0) is 27.9 Å². The molecule has 12 nitrogen and oxygen atoms in total. The van der Waals surface area contributed by atoms with Crippen molar-refractivity contribution in [3.05, 3.63) is 12.3 Å². The number of carbonyl (C=O) groups is 1. The largest absolute Gasteiger partial charge is 0.498 e. The minimum atomic E-state index is -5.02. The molecule has 1 fully saturated rings. The fourth-order valence-electron chi connectivity index (χ4n) is 6.91. The first-order chi connectivity index (χ1) is 26.5. The zero-order chi connectivity index (χ0) is 40.6. The van der Waals surface area contributed by atoms with Gasteiger partial charge in [0.25, 0.3) is 0 Å². The Labute approximate surface area is 333 Å². The minimum absolute atomic E-state index is 0.155. The van der Waals surface area contributed by atoms with Crippen molar-refractivity contribution in [1.82, 2.24) is 0 Å². The molecule has 8 atom stereocenters. The molecule has 0 heterocycles. The van der Waals surface area contributed by atoms with Gasteiger partial charge in [0.15, 0.2) is 6.10 Å². The van der Waals surface area contributed by atoms with Gasteiger partial charge in [0.05, 0.1) is 12.9 Å². The molecule has 0 saturated heterocycles. The van der Waals surface area contributed by atoms with Crippen LogP contribution in [0.15, 0.2) is 12.3 Å². The van der Waals surface area contributed by atoms with E-state index in [9.17, 15) is 39.8 Å². The van der Waals surface area contributed by atoms with Gasteiger partial charge < -0.3 is 39.9 Å². The monoisotopic (exact) mass is 809 g/mol. The molecule has 326 valence electrons. The lowest BCUT2D eigenvalue weighted by Gasteiger charge is -2.41. The highest BCUT2D eigenvalue weighted by Crippen LogP contribution is 2.47. The Bertz CT molecular complexity index is 968. The highest BCUT2D eigenvalue weighted by molar-refractivity contribution is 7.47. The fraction of sp³-hybridized carbons (Fsp3) is 0.929. The molecule has 6 N–H and O–H groups in total. The van der Waals surface area contributed by atoms with Crippen LogP contribution in [0.25, 0.3) is 0 Å². The van der Waals surface area contributed by atoms with Gasteiger partial charge in [-0.25, -0.2) is 4.57 Å². The van der Waals surface area contributed by atoms with Gasteiger partial charge in [-0.2, -0.15) is 0 Å². The van der Waals surface area contributed by atoms with Gasteiger partial charge in [-0.05, 0) is 25.3 Å². The number of phosphoric acid groups is 1. The van der Waals surface area contributed by atoms with Crippen molar-refractivity contribution >= 4 is 13.8 Å². The first kappa shape index (κ1) is 51.9. The lowest BCUT2D eigenvalue weighted by Crippen LogP contribution is -2.64. The van der Waals surface area contributed by atoms with Gasteiger partial charge in [0.2, 0.25) is 0 Å². The number of allylic oxidation sites excluding steroid dienone is 1. The lowest BCUT2D eigenvalue weighted by atomic mass is 9.85. The molecule has 0 aromatic heterocycles. The van der Waals surface area contributed by atoms with Crippen LogP contribution in [-0.4, -0.2) is 92.3 Å². The average Bonchev–Trinajstić information content (AvgIpc) is 3.17. The Morgan fingerprint density at radius 1 is 0.564 bits per heavy atom. The van der Waals surface area contributed by atoms with Crippen molar-refractivity contribution < 1.29 is 58.3 Å². The molecule has 0 aromatic carbocycles. The predicted octanol–water partition coefficient (Wildman–Crippen LogP) is 8.71. The van der Waals surface area contributed by atoms with Crippen LogP contribution in [0.2, 0.25) is 0 Å². The van der Waals surface area contributed by atoms with Crippen molar-refractivity contribution in [2.24, 2.45) is 0 Å². The maximum absolute atomic E-state index is 12.8. The molecule has 13 heteroatoms. The van der Waals surface area contributed by atoms with Crippen molar-refractivity contribution in [3.63, 3.8) is 0 Å². The number of carbonyl (C=O) groups excluding carboxylic acids is 1. The Morgan fingerprint density at radius 3 is 1.38 bits per heavy atom. The second-order valence-corrected chi connectivity index (χ2v) is 17.0. The summed E-state index contributed by atoms with van der Waals surface area (Å²) in [6.07, 6.45) is 23.8. The maximum Gasteiger partial charge on any atom is 0.472 e. The summed E-state index contributed by atoms with van der Waals surface area (Å²) in [5.74, 6) is -0.499. The van der Waals surface area contributed by atoms with Gasteiger partial charge in [-0.15, -0.1) is 0 Å². The Morgan fingerprint density at radius 2 is 0.945 bits per heavy atom. The number of phosphoric ester groups is 1. The first-order valence-electron chi connectivity index (χ1n) is 22.1. The summed E-state index contributed by atoms with van der Waals surface area (Å²) in [4.78, 5) is 23.0. The van der Waals surface area contributed by atoms with E-state index in [1.165, 1.54) is 135 Å². The van der Waals surface area contributed by atoms with Crippen molar-refractivity contribution in [2.75, 3.05) is 13.2 Å². The molecule has 0 radical (unpaired) electrons. The maximum atomic E-state index is 12.8. The fourth-order valence-corrected chi connectivity index (χ4v) is 7.88. The molecule has 0 aliphatic heterocycles. The summed E-state index contributed by atoms with van der Waals surface area (Å²) >= 11 is 0. The zero-order valence-electron chi connectivity index (χ0n) is 34.5. The number of ether oxygens (including phenoxy) is 2. The van der Waals surface area contributed by atoms with Crippen LogP contribution in [0, 0.1) is 0 Å². The number of esters is 1. The van der Waals surface area contributed by atoms with Gasteiger partial charge in [0.1, 0.15) is 43.2 Å². The molecule has 1 saturated carbocycles. The van der Waals surface area contributed by atoms with Crippen molar-refractivity contribution in [3.8, 4) is 0 Å². The van der Waals surface area contributed by atoms with E-state index >= 15 is 0 Å². The molecule has 0 bridgehead atoms. The van der Waals surface area contributed by atoms with Gasteiger partial charge in [0, 0.05) is 6.42 Å². The van der Waals surface area contributed by atoms with Crippen molar-refractivity contribution in [2.45, 2.75) is 236 Å². The number of aliphatic hydroxyl groups excluding tert-OH is 5. The van der Waals surface area contributed by atoms with Crippen LogP contribution >= 0.6 is 7.82 Å². The van der Waals surface area contributed by atoms with Crippen molar-refractivity contribution in [1.29, 1.82) is 0 Å². The van der Waals surface area contributed by atoms with Crippen LogP contribution in [0.5, 0.6) is 0 Å². The van der Waals surface area contributed by atoms with E-state index in [4.69, 9.17) is 18.5 Å². The Hall–Kier alpha value is -1.08. The zero-order valence-corrected chi connectivity index (χ0v) is 35.4. The van der Waals surface area contributed by atoms with E-state index in [1.54, 1.807) is 0 Å². The Kier molecular flexibility index (Phi) is 32.0. The third-order valence-electron chi connectivity index (χ3n) is 10.5. The molecule has 0 spiro atoms. The topological polar surface area (TPSA) is 192 Å². The molecular weight excluding hydrogens is 727 g/mol. The molecule has 6 unspecified atom stereocenters. The number of hydrogen-bond donors (Lipinski definition) is 6. The van der Waals surface area contributed by atoms with Gasteiger partial charge in [-0.3, -0.25) is 13.8 Å². The van der Waals surface area contributed by atoms with E-state index in [1.807, 2.05) is 6.08 Å². The number of rotatable bonds is 37. The number of aliphatic hydroxyl groups is 5. The third-order valence-corrected chi connectivity index (χ3v) is 11.5. The van der Waals surface area contributed by atoms with Gasteiger partial charge >= 0.3 is 13.8 Å². The summed E-state index contributed by atoms with van der Waals surface area (Å²) in [6.45, 7) is 3.71. The van der Waals surface area contributed by atoms with E-state index in [0.717, 1.165) is 38.5 Å². The van der Waals surface area contributed by atoms with E-state index in [0.29, 0.717) is 6.42 Å². The Balaban J connectivity index is 2.40. The normalized spacial score (nSPS) is 23.2. The first-order valence-corrected chi connectivity index (χ1v) is 23.6. The van der Waals surface area contributed by atoms with E-state index < -0.39 is 63.1 Å². The highest BCUT2D eigenvalue weighted by atomic mass is 31.2. The summed E-state index contributed by atoms with van der Waals surface area (Å²) in [5, 5.41) is 50.0.